The van der Waals surface area contributed by atoms with E-state index in [-0.39, 0.29) is 11.7 Å². The third-order valence-electron chi connectivity index (χ3n) is 4.85. The fourth-order valence-corrected chi connectivity index (χ4v) is 3.26. The van der Waals surface area contributed by atoms with Crippen LogP contribution in [0.2, 0.25) is 0 Å². The molecule has 2 aromatic rings. The second-order valence-corrected chi connectivity index (χ2v) is 6.99. The number of hydrogen-bond acceptors (Lipinski definition) is 3. The lowest BCUT2D eigenvalue weighted by atomic mass is 10.1. The standard InChI is InChI=1S/C22H27FN2O2/c1-2-21(27-20-11-9-19(23)10-12-20)22(26)24-15-17-5-7-18(8-6-17)16-25-13-3-4-14-25/h5-12,21H,2-4,13-16H2,1H3,(H,24,26). The summed E-state index contributed by atoms with van der Waals surface area (Å²) in [5.41, 5.74) is 2.36. The zero-order valence-electron chi connectivity index (χ0n) is 15.8. The van der Waals surface area contributed by atoms with Crippen molar-refractivity contribution in [1.29, 1.82) is 0 Å². The van der Waals surface area contributed by atoms with E-state index in [1.165, 1.54) is 55.8 Å². The summed E-state index contributed by atoms with van der Waals surface area (Å²) in [6.07, 6.45) is 2.54. The molecule has 0 radical (unpaired) electrons. The van der Waals surface area contributed by atoms with Crippen LogP contribution in [-0.2, 0) is 17.9 Å². The van der Waals surface area contributed by atoms with Gasteiger partial charge in [-0.25, -0.2) is 4.39 Å². The maximum absolute atomic E-state index is 13.0. The Morgan fingerprint density at radius 2 is 1.70 bits per heavy atom. The van der Waals surface area contributed by atoms with Gasteiger partial charge in [0.2, 0.25) is 0 Å². The predicted molar refractivity (Wildman–Crippen MR) is 104 cm³/mol. The first-order valence-electron chi connectivity index (χ1n) is 9.64. The lowest BCUT2D eigenvalue weighted by Gasteiger charge is -2.17. The second-order valence-electron chi connectivity index (χ2n) is 6.99. The molecule has 5 heteroatoms. The number of amides is 1. The summed E-state index contributed by atoms with van der Waals surface area (Å²) in [6.45, 7) is 5.72. The zero-order chi connectivity index (χ0) is 19.1. The number of nitrogens with one attached hydrogen (secondary N) is 1. The van der Waals surface area contributed by atoms with Crippen molar-refractivity contribution in [3.8, 4) is 5.75 Å². The van der Waals surface area contributed by atoms with E-state index in [0.29, 0.717) is 18.7 Å². The lowest BCUT2D eigenvalue weighted by molar-refractivity contribution is -0.128. The van der Waals surface area contributed by atoms with Gasteiger partial charge in [0.15, 0.2) is 6.10 Å². The fraction of sp³-hybridized carbons (Fsp3) is 0.409. The van der Waals surface area contributed by atoms with Gasteiger partial charge in [-0.1, -0.05) is 31.2 Å². The molecular formula is C22H27FN2O2. The molecule has 0 aromatic heterocycles. The van der Waals surface area contributed by atoms with Crippen molar-refractivity contribution in [3.63, 3.8) is 0 Å². The van der Waals surface area contributed by atoms with Crippen LogP contribution in [0.5, 0.6) is 5.75 Å². The van der Waals surface area contributed by atoms with Crippen molar-refractivity contribution in [2.24, 2.45) is 0 Å². The van der Waals surface area contributed by atoms with Crippen LogP contribution in [0.25, 0.3) is 0 Å². The minimum atomic E-state index is -0.593. The largest absolute Gasteiger partial charge is 0.481 e. The number of carbonyl (C=O) groups is 1. The Labute approximate surface area is 160 Å². The van der Waals surface area contributed by atoms with E-state index in [0.717, 1.165) is 12.1 Å². The molecule has 2 aromatic carbocycles. The van der Waals surface area contributed by atoms with Crippen molar-refractivity contribution in [2.45, 2.75) is 45.4 Å². The molecule has 3 rings (SSSR count). The predicted octanol–water partition coefficient (Wildman–Crippen LogP) is 3.90. The minimum Gasteiger partial charge on any atom is -0.481 e. The highest BCUT2D eigenvalue weighted by Crippen LogP contribution is 2.15. The van der Waals surface area contributed by atoms with E-state index in [2.05, 4.69) is 34.5 Å². The Bertz CT molecular complexity index is 725. The van der Waals surface area contributed by atoms with E-state index >= 15 is 0 Å². The monoisotopic (exact) mass is 370 g/mol. The van der Waals surface area contributed by atoms with Gasteiger partial charge in [-0.05, 0) is 67.7 Å². The first kappa shape index (κ1) is 19.4. The zero-order valence-corrected chi connectivity index (χ0v) is 15.8. The van der Waals surface area contributed by atoms with Gasteiger partial charge >= 0.3 is 0 Å². The Morgan fingerprint density at radius 1 is 1.07 bits per heavy atom. The van der Waals surface area contributed by atoms with Crippen molar-refractivity contribution in [1.82, 2.24) is 10.2 Å². The summed E-state index contributed by atoms with van der Waals surface area (Å²) in [7, 11) is 0. The van der Waals surface area contributed by atoms with E-state index < -0.39 is 6.10 Å². The van der Waals surface area contributed by atoms with Gasteiger partial charge in [-0.15, -0.1) is 0 Å². The van der Waals surface area contributed by atoms with Crippen LogP contribution in [0.4, 0.5) is 4.39 Å². The summed E-state index contributed by atoms with van der Waals surface area (Å²) in [5.74, 6) is 0.000613. The number of carbonyl (C=O) groups excluding carboxylic acids is 1. The summed E-state index contributed by atoms with van der Waals surface area (Å²) in [5, 5.41) is 2.93. The molecule has 1 fully saturated rings. The van der Waals surface area contributed by atoms with Crippen molar-refractivity contribution in [2.75, 3.05) is 13.1 Å². The molecule has 0 saturated carbocycles. The highest BCUT2D eigenvalue weighted by molar-refractivity contribution is 5.81. The fourth-order valence-electron chi connectivity index (χ4n) is 3.26. The molecule has 1 saturated heterocycles. The Hall–Kier alpha value is -2.40. The van der Waals surface area contributed by atoms with Gasteiger partial charge in [0, 0.05) is 13.1 Å². The van der Waals surface area contributed by atoms with Crippen molar-refractivity contribution in [3.05, 3.63) is 65.5 Å². The molecule has 27 heavy (non-hydrogen) atoms. The summed E-state index contributed by atoms with van der Waals surface area (Å²) in [4.78, 5) is 14.9. The SMILES string of the molecule is CCC(Oc1ccc(F)cc1)C(=O)NCc1ccc(CN2CCCC2)cc1. The van der Waals surface area contributed by atoms with Gasteiger partial charge in [-0.3, -0.25) is 9.69 Å². The molecule has 0 aliphatic carbocycles. The van der Waals surface area contributed by atoms with Crippen LogP contribution in [0.1, 0.15) is 37.3 Å². The number of rotatable bonds is 8. The molecule has 0 spiro atoms. The summed E-state index contributed by atoms with van der Waals surface area (Å²) < 4.78 is 18.7. The van der Waals surface area contributed by atoms with Crippen molar-refractivity contribution < 1.29 is 13.9 Å². The van der Waals surface area contributed by atoms with Crippen LogP contribution >= 0.6 is 0 Å². The Morgan fingerprint density at radius 3 is 2.33 bits per heavy atom. The van der Waals surface area contributed by atoms with E-state index in [9.17, 15) is 9.18 Å². The number of ether oxygens (including phenoxy) is 1. The maximum Gasteiger partial charge on any atom is 0.261 e. The van der Waals surface area contributed by atoms with E-state index in [1.807, 2.05) is 6.92 Å². The molecule has 1 aliphatic heterocycles. The highest BCUT2D eigenvalue weighted by atomic mass is 19.1. The van der Waals surface area contributed by atoms with Crippen LogP contribution in [0.15, 0.2) is 48.5 Å². The Balaban J connectivity index is 1.48. The normalized spacial score (nSPS) is 15.5. The first-order valence-corrected chi connectivity index (χ1v) is 9.64. The minimum absolute atomic E-state index is 0.164. The molecule has 1 N–H and O–H groups in total. The first-order chi connectivity index (χ1) is 13.1. The molecule has 1 atom stereocenters. The quantitative estimate of drug-likeness (QED) is 0.766. The van der Waals surface area contributed by atoms with Crippen LogP contribution in [-0.4, -0.2) is 30.0 Å². The smallest absolute Gasteiger partial charge is 0.261 e. The average Bonchev–Trinajstić information content (AvgIpc) is 3.20. The molecule has 144 valence electrons. The summed E-state index contributed by atoms with van der Waals surface area (Å²) in [6, 6.07) is 14.1. The molecule has 1 aliphatic rings. The molecule has 0 bridgehead atoms. The van der Waals surface area contributed by atoms with E-state index in [1.54, 1.807) is 0 Å². The second kappa shape index (κ2) is 9.51. The van der Waals surface area contributed by atoms with Gasteiger partial charge < -0.3 is 10.1 Å². The molecular weight excluding hydrogens is 343 g/mol. The molecule has 4 nitrogen and oxygen atoms in total. The molecule has 1 amide bonds. The number of hydrogen-bond donors (Lipinski definition) is 1. The number of benzene rings is 2. The van der Waals surface area contributed by atoms with Crippen LogP contribution in [0, 0.1) is 5.82 Å². The van der Waals surface area contributed by atoms with Gasteiger partial charge in [0.1, 0.15) is 11.6 Å². The third-order valence-corrected chi connectivity index (χ3v) is 4.85. The van der Waals surface area contributed by atoms with Crippen molar-refractivity contribution >= 4 is 5.91 Å². The average molecular weight is 370 g/mol. The summed E-state index contributed by atoms with van der Waals surface area (Å²) >= 11 is 0. The number of halogens is 1. The van der Waals surface area contributed by atoms with Gasteiger partial charge in [0.25, 0.3) is 5.91 Å². The van der Waals surface area contributed by atoms with Gasteiger partial charge in [-0.2, -0.15) is 0 Å². The molecule has 1 heterocycles. The number of nitrogens with zero attached hydrogens (tertiary/aromatic N) is 1. The number of likely N-dealkylation sites (tertiary alicyclic amines) is 1. The third kappa shape index (κ3) is 5.79. The topological polar surface area (TPSA) is 41.6 Å². The van der Waals surface area contributed by atoms with E-state index in [4.69, 9.17) is 4.74 Å². The lowest BCUT2D eigenvalue weighted by Crippen LogP contribution is -2.37. The van der Waals surface area contributed by atoms with Crippen LogP contribution in [0.3, 0.4) is 0 Å². The maximum atomic E-state index is 13.0. The molecule has 1 unspecified atom stereocenters. The Kier molecular flexibility index (Phi) is 6.82. The van der Waals surface area contributed by atoms with Gasteiger partial charge in [0.05, 0.1) is 0 Å². The van der Waals surface area contributed by atoms with Crippen LogP contribution < -0.4 is 10.1 Å². The highest BCUT2D eigenvalue weighted by Gasteiger charge is 2.18.